The quantitative estimate of drug-likeness (QED) is 0.765. The van der Waals surface area contributed by atoms with Crippen LogP contribution in [0.1, 0.15) is 33.1 Å². The van der Waals surface area contributed by atoms with Gasteiger partial charge < -0.3 is 15.1 Å². The number of carbonyl (C=O) groups is 2. The number of amides is 2. The summed E-state index contributed by atoms with van der Waals surface area (Å²) in [4.78, 5) is 27.9. The molecule has 1 atom stereocenters. The molecule has 2 amide bonds. The maximum Gasteiger partial charge on any atom is 0.248 e. The van der Waals surface area contributed by atoms with Crippen LogP contribution in [0.5, 0.6) is 0 Å². The summed E-state index contributed by atoms with van der Waals surface area (Å²) >= 11 is 0. The zero-order chi connectivity index (χ0) is 13.3. The summed E-state index contributed by atoms with van der Waals surface area (Å²) in [6, 6.07) is 0.393. The minimum absolute atomic E-state index is 0.0288. The third-order valence-corrected chi connectivity index (χ3v) is 3.96. The second-order valence-electron chi connectivity index (χ2n) is 5.99. The first-order valence-corrected chi connectivity index (χ1v) is 6.71. The topological polar surface area (TPSA) is 52.6 Å². The molecular formula is C13H23N3O2. The number of rotatable bonds is 2. The van der Waals surface area contributed by atoms with E-state index in [1.165, 1.54) is 12.8 Å². The van der Waals surface area contributed by atoms with Crippen molar-refractivity contribution >= 4 is 11.8 Å². The molecule has 2 aliphatic heterocycles. The molecular weight excluding hydrogens is 230 g/mol. The van der Waals surface area contributed by atoms with Gasteiger partial charge in [-0.3, -0.25) is 9.59 Å². The maximum atomic E-state index is 12.3. The first kappa shape index (κ1) is 13.3. The molecule has 5 nitrogen and oxygen atoms in total. The predicted octanol–water partition coefficient (Wildman–Crippen LogP) is 0.208. The van der Waals surface area contributed by atoms with Crippen molar-refractivity contribution in [1.82, 2.24) is 15.1 Å². The molecule has 102 valence electrons. The van der Waals surface area contributed by atoms with Gasteiger partial charge >= 0.3 is 0 Å². The molecule has 2 aliphatic rings. The van der Waals surface area contributed by atoms with Gasteiger partial charge in [0.2, 0.25) is 11.8 Å². The van der Waals surface area contributed by atoms with Crippen LogP contribution >= 0.6 is 0 Å². The predicted molar refractivity (Wildman–Crippen MR) is 69.1 cm³/mol. The second-order valence-corrected chi connectivity index (χ2v) is 5.99. The van der Waals surface area contributed by atoms with Gasteiger partial charge in [-0.15, -0.1) is 0 Å². The number of hydrogen-bond donors (Lipinski definition) is 1. The van der Waals surface area contributed by atoms with Crippen LogP contribution in [-0.4, -0.2) is 59.9 Å². The van der Waals surface area contributed by atoms with Gasteiger partial charge in [-0.2, -0.15) is 0 Å². The van der Waals surface area contributed by atoms with Crippen molar-refractivity contribution in [2.45, 2.75) is 44.7 Å². The first-order chi connectivity index (χ1) is 8.40. The molecule has 5 heteroatoms. The maximum absolute atomic E-state index is 12.3. The molecule has 1 N–H and O–H groups in total. The Morgan fingerprint density at radius 2 is 2.06 bits per heavy atom. The van der Waals surface area contributed by atoms with Gasteiger partial charge in [0.25, 0.3) is 0 Å². The normalized spacial score (nSPS) is 29.3. The lowest BCUT2D eigenvalue weighted by Gasteiger charge is -2.41. The van der Waals surface area contributed by atoms with Gasteiger partial charge in [0.15, 0.2) is 0 Å². The Balaban J connectivity index is 2.03. The highest BCUT2D eigenvalue weighted by atomic mass is 16.2. The molecule has 18 heavy (non-hydrogen) atoms. The summed E-state index contributed by atoms with van der Waals surface area (Å²) in [6.45, 7) is 5.50. The molecule has 0 aromatic heterocycles. The van der Waals surface area contributed by atoms with Crippen LogP contribution in [-0.2, 0) is 9.59 Å². The Kier molecular flexibility index (Phi) is 3.61. The number of hydrogen-bond acceptors (Lipinski definition) is 3. The smallest absolute Gasteiger partial charge is 0.248 e. The fourth-order valence-corrected chi connectivity index (χ4v) is 2.86. The molecule has 2 rings (SSSR count). The summed E-state index contributed by atoms with van der Waals surface area (Å²) in [6.07, 6.45) is 3.56. The van der Waals surface area contributed by atoms with Gasteiger partial charge in [-0.05, 0) is 40.3 Å². The van der Waals surface area contributed by atoms with E-state index >= 15 is 0 Å². The minimum atomic E-state index is -0.761. The van der Waals surface area contributed by atoms with Crippen molar-refractivity contribution in [3.63, 3.8) is 0 Å². The van der Waals surface area contributed by atoms with Gasteiger partial charge in [-0.25, -0.2) is 0 Å². The van der Waals surface area contributed by atoms with Crippen LogP contribution in [0.25, 0.3) is 0 Å². The van der Waals surface area contributed by atoms with Crippen LogP contribution in [0.15, 0.2) is 0 Å². The summed E-state index contributed by atoms with van der Waals surface area (Å²) in [5.41, 5.74) is -0.761. The van der Waals surface area contributed by atoms with Gasteiger partial charge in [0.05, 0.1) is 6.54 Å². The number of piperidine rings is 1. The van der Waals surface area contributed by atoms with Crippen LogP contribution < -0.4 is 5.32 Å². The Bertz CT molecular complexity index is 354. The number of likely N-dealkylation sites (N-methyl/N-ethyl adjacent to an activating group) is 1. The molecule has 2 saturated heterocycles. The number of piperazine rings is 1. The lowest BCUT2D eigenvalue weighted by molar-refractivity contribution is -0.149. The number of nitrogens with one attached hydrogen (secondary N) is 1. The Labute approximate surface area is 108 Å². The van der Waals surface area contributed by atoms with Crippen LogP contribution in [0, 0.1) is 0 Å². The molecule has 0 aromatic rings. The van der Waals surface area contributed by atoms with Crippen molar-refractivity contribution in [3.8, 4) is 0 Å². The summed E-state index contributed by atoms with van der Waals surface area (Å²) in [5, 5.41) is 2.74. The third-order valence-electron chi connectivity index (χ3n) is 3.96. The van der Waals surface area contributed by atoms with Crippen LogP contribution in [0.2, 0.25) is 0 Å². The van der Waals surface area contributed by atoms with E-state index < -0.39 is 5.54 Å². The molecule has 0 radical (unpaired) electrons. The largest absolute Gasteiger partial charge is 0.341 e. The monoisotopic (exact) mass is 253 g/mol. The second kappa shape index (κ2) is 4.88. The van der Waals surface area contributed by atoms with E-state index in [4.69, 9.17) is 0 Å². The van der Waals surface area contributed by atoms with Crippen molar-refractivity contribution in [1.29, 1.82) is 0 Å². The van der Waals surface area contributed by atoms with Crippen molar-refractivity contribution in [2.24, 2.45) is 0 Å². The zero-order valence-corrected chi connectivity index (χ0v) is 11.5. The van der Waals surface area contributed by atoms with E-state index in [1.807, 2.05) is 0 Å². The highest BCUT2D eigenvalue weighted by Crippen LogP contribution is 2.19. The summed E-state index contributed by atoms with van der Waals surface area (Å²) < 4.78 is 0. The van der Waals surface area contributed by atoms with E-state index in [0.717, 1.165) is 13.0 Å². The standard InChI is InChI=1S/C13H23N3O2/c1-13(2)12(18)16(9-11(17)14-13)8-10-6-4-5-7-15(10)3/h10H,4-9H2,1-3H3,(H,14,17). The van der Waals surface area contributed by atoms with Crippen molar-refractivity contribution in [3.05, 3.63) is 0 Å². The van der Waals surface area contributed by atoms with E-state index in [2.05, 4.69) is 17.3 Å². The molecule has 0 bridgehead atoms. The lowest BCUT2D eigenvalue weighted by Crippen LogP contribution is -2.65. The zero-order valence-electron chi connectivity index (χ0n) is 11.5. The average Bonchev–Trinajstić information content (AvgIpc) is 2.27. The molecule has 1 unspecified atom stereocenters. The lowest BCUT2D eigenvalue weighted by atomic mass is 9.97. The van der Waals surface area contributed by atoms with E-state index in [1.54, 1.807) is 18.7 Å². The Morgan fingerprint density at radius 3 is 2.72 bits per heavy atom. The number of nitrogens with zero attached hydrogens (tertiary/aromatic N) is 2. The third kappa shape index (κ3) is 2.66. The average molecular weight is 253 g/mol. The van der Waals surface area contributed by atoms with Crippen LogP contribution in [0.4, 0.5) is 0 Å². The van der Waals surface area contributed by atoms with E-state index in [9.17, 15) is 9.59 Å². The Hall–Kier alpha value is -1.10. The van der Waals surface area contributed by atoms with E-state index in [0.29, 0.717) is 12.6 Å². The fraction of sp³-hybridized carbons (Fsp3) is 0.846. The molecule has 0 spiro atoms. The number of carbonyl (C=O) groups excluding carboxylic acids is 2. The SMILES string of the molecule is CN1CCCCC1CN1CC(=O)NC(C)(C)C1=O. The molecule has 2 heterocycles. The highest BCUT2D eigenvalue weighted by molar-refractivity contribution is 5.97. The highest BCUT2D eigenvalue weighted by Gasteiger charge is 2.40. The minimum Gasteiger partial charge on any atom is -0.341 e. The van der Waals surface area contributed by atoms with Crippen LogP contribution in [0.3, 0.4) is 0 Å². The molecule has 0 aromatic carbocycles. The van der Waals surface area contributed by atoms with Gasteiger partial charge in [-0.1, -0.05) is 6.42 Å². The van der Waals surface area contributed by atoms with Crippen molar-refractivity contribution < 1.29 is 9.59 Å². The van der Waals surface area contributed by atoms with Gasteiger partial charge in [0, 0.05) is 12.6 Å². The van der Waals surface area contributed by atoms with Crippen molar-refractivity contribution in [2.75, 3.05) is 26.7 Å². The summed E-state index contributed by atoms with van der Waals surface area (Å²) in [7, 11) is 2.10. The van der Waals surface area contributed by atoms with E-state index in [-0.39, 0.29) is 18.4 Å². The molecule has 0 aliphatic carbocycles. The Morgan fingerprint density at radius 1 is 1.33 bits per heavy atom. The first-order valence-electron chi connectivity index (χ1n) is 6.71. The molecule has 0 saturated carbocycles. The van der Waals surface area contributed by atoms with Gasteiger partial charge in [0.1, 0.15) is 5.54 Å². The fourth-order valence-electron chi connectivity index (χ4n) is 2.86. The summed E-state index contributed by atoms with van der Waals surface area (Å²) in [5.74, 6) is -0.0286. The molecule has 2 fully saturated rings. The number of likely N-dealkylation sites (tertiary alicyclic amines) is 1.